The second-order valence-electron chi connectivity index (χ2n) is 3.32. The normalized spacial score (nSPS) is 10.2. The van der Waals surface area contributed by atoms with Gasteiger partial charge in [0.25, 0.3) is 0 Å². The van der Waals surface area contributed by atoms with E-state index in [1.165, 1.54) is 11.4 Å². The lowest BCUT2D eigenvalue weighted by Gasteiger charge is -2.08. The van der Waals surface area contributed by atoms with E-state index in [1.54, 1.807) is 0 Å². The summed E-state index contributed by atoms with van der Waals surface area (Å²) in [4.78, 5) is 11.1. The molecule has 0 saturated heterocycles. The van der Waals surface area contributed by atoms with Crippen molar-refractivity contribution >= 4 is 5.97 Å². The van der Waals surface area contributed by atoms with Gasteiger partial charge < -0.3 is 9.30 Å². The van der Waals surface area contributed by atoms with Gasteiger partial charge in [-0.25, -0.2) is 0 Å². The van der Waals surface area contributed by atoms with Crippen LogP contribution in [0.25, 0.3) is 0 Å². The second-order valence-corrected chi connectivity index (χ2v) is 3.32. The summed E-state index contributed by atoms with van der Waals surface area (Å²) in [5.74, 6) is -0.125. The first-order chi connectivity index (χ1) is 6.65. The average molecular weight is 195 g/mol. The Morgan fingerprint density at radius 2 is 1.93 bits per heavy atom. The second kappa shape index (κ2) is 4.84. The molecule has 0 aliphatic carbocycles. The topological polar surface area (TPSA) is 31.2 Å². The third kappa shape index (κ3) is 2.62. The van der Waals surface area contributed by atoms with Crippen LogP contribution in [0.3, 0.4) is 0 Å². The molecule has 3 heteroatoms. The van der Waals surface area contributed by atoms with Crippen LogP contribution in [0.4, 0.5) is 0 Å². The van der Waals surface area contributed by atoms with Crippen molar-refractivity contribution in [2.75, 3.05) is 6.61 Å². The maximum Gasteiger partial charge on any atom is 0.307 e. The van der Waals surface area contributed by atoms with Gasteiger partial charge in [0, 0.05) is 17.9 Å². The van der Waals surface area contributed by atoms with Gasteiger partial charge >= 0.3 is 5.97 Å². The minimum absolute atomic E-state index is 0.125. The van der Waals surface area contributed by atoms with E-state index in [2.05, 4.69) is 16.7 Å². The van der Waals surface area contributed by atoms with E-state index >= 15 is 0 Å². The molecule has 0 bridgehead atoms. The molecule has 0 aliphatic heterocycles. The molecule has 0 aliphatic rings. The highest BCUT2D eigenvalue weighted by atomic mass is 16.5. The van der Waals surface area contributed by atoms with Crippen LogP contribution in [0.5, 0.6) is 0 Å². The van der Waals surface area contributed by atoms with Gasteiger partial charge in [-0.3, -0.25) is 4.79 Å². The predicted octanol–water partition coefficient (Wildman–Crippen LogP) is 2.06. The van der Waals surface area contributed by atoms with Gasteiger partial charge in [-0.05, 0) is 32.9 Å². The molecule has 1 aromatic rings. The number of carbonyl (C=O) groups is 1. The van der Waals surface area contributed by atoms with E-state index in [-0.39, 0.29) is 5.97 Å². The quantitative estimate of drug-likeness (QED) is 0.688. The highest BCUT2D eigenvalue weighted by molar-refractivity contribution is 5.69. The minimum atomic E-state index is -0.125. The van der Waals surface area contributed by atoms with Crippen LogP contribution in [0, 0.1) is 13.8 Å². The Hall–Kier alpha value is -1.25. The van der Waals surface area contributed by atoms with Crippen molar-refractivity contribution < 1.29 is 9.53 Å². The molecule has 1 heterocycles. The van der Waals surface area contributed by atoms with E-state index < -0.39 is 0 Å². The number of rotatable bonds is 4. The largest absolute Gasteiger partial charge is 0.466 e. The number of carbonyl (C=O) groups excluding carboxylic acids is 1. The summed E-state index contributed by atoms with van der Waals surface area (Å²) in [6, 6.07) is 4.11. The molecular formula is C11H17NO2. The smallest absolute Gasteiger partial charge is 0.307 e. The van der Waals surface area contributed by atoms with Gasteiger partial charge in [-0.2, -0.15) is 0 Å². The Bertz CT molecular complexity index is 296. The summed E-state index contributed by atoms with van der Waals surface area (Å²) in [5, 5.41) is 0. The third-order valence-corrected chi connectivity index (χ3v) is 2.26. The predicted molar refractivity (Wildman–Crippen MR) is 55.2 cm³/mol. The van der Waals surface area contributed by atoms with E-state index in [0.717, 1.165) is 0 Å². The van der Waals surface area contributed by atoms with Crippen LogP contribution in [0.1, 0.15) is 24.7 Å². The Kier molecular flexibility index (Phi) is 3.74. The van der Waals surface area contributed by atoms with Crippen molar-refractivity contribution in [2.45, 2.75) is 33.7 Å². The van der Waals surface area contributed by atoms with Crippen molar-refractivity contribution in [1.82, 2.24) is 4.57 Å². The van der Waals surface area contributed by atoms with Gasteiger partial charge in [-0.15, -0.1) is 0 Å². The minimum Gasteiger partial charge on any atom is -0.466 e. The number of aromatic nitrogens is 1. The molecule has 0 amide bonds. The number of esters is 1. The fourth-order valence-electron chi connectivity index (χ4n) is 1.49. The van der Waals surface area contributed by atoms with Crippen molar-refractivity contribution in [2.24, 2.45) is 0 Å². The standard InChI is InChI=1S/C11H17NO2/c1-4-14-11(13)7-8-12-9(2)5-6-10(12)3/h5-6H,4,7-8H2,1-3H3. The first-order valence-corrected chi connectivity index (χ1v) is 4.93. The van der Waals surface area contributed by atoms with Crippen LogP contribution in [0.15, 0.2) is 12.1 Å². The molecule has 78 valence electrons. The fourth-order valence-corrected chi connectivity index (χ4v) is 1.49. The molecule has 0 spiro atoms. The summed E-state index contributed by atoms with van der Waals surface area (Å²) >= 11 is 0. The average Bonchev–Trinajstić information content (AvgIpc) is 2.44. The van der Waals surface area contributed by atoms with E-state index in [0.29, 0.717) is 19.6 Å². The highest BCUT2D eigenvalue weighted by Gasteiger charge is 2.05. The van der Waals surface area contributed by atoms with Gasteiger partial charge in [0.05, 0.1) is 13.0 Å². The zero-order valence-corrected chi connectivity index (χ0v) is 9.04. The lowest BCUT2D eigenvalue weighted by Crippen LogP contribution is -2.10. The van der Waals surface area contributed by atoms with Crippen LogP contribution in [-0.4, -0.2) is 17.1 Å². The lowest BCUT2D eigenvalue weighted by atomic mass is 10.4. The molecule has 0 radical (unpaired) electrons. The molecule has 0 fully saturated rings. The molecule has 0 aromatic carbocycles. The van der Waals surface area contributed by atoms with E-state index in [4.69, 9.17) is 4.74 Å². The van der Waals surface area contributed by atoms with Crippen LogP contribution in [-0.2, 0) is 16.1 Å². The molecule has 1 aromatic heterocycles. The Morgan fingerprint density at radius 1 is 1.36 bits per heavy atom. The molecule has 3 nitrogen and oxygen atoms in total. The monoisotopic (exact) mass is 195 g/mol. The SMILES string of the molecule is CCOC(=O)CCn1c(C)ccc1C. The number of nitrogens with zero attached hydrogens (tertiary/aromatic N) is 1. The Labute approximate surface area is 84.7 Å². The summed E-state index contributed by atoms with van der Waals surface area (Å²) in [7, 11) is 0. The molecule has 1 rings (SSSR count). The summed E-state index contributed by atoms with van der Waals surface area (Å²) in [6.45, 7) is 7.08. The molecule has 14 heavy (non-hydrogen) atoms. The van der Waals surface area contributed by atoms with Crippen LogP contribution >= 0.6 is 0 Å². The van der Waals surface area contributed by atoms with Gasteiger partial charge in [0.1, 0.15) is 0 Å². The summed E-state index contributed by atoms with van der Waals surface area (Å²) < 4.78 is 6.99. The zero-order valence-electron chi connectivity index (χ0n) is 9.04. The van der Waals surface area contributed by atoms with Crippen molar-refractivity contribution in [3.8, 4) is 0 Å². The number of ether oxygens (including phenoxy) is 1. The maximum atomic E-state index is 11.1. The Balaban J connectivity index is 2.49. The first kappa shape index (κ1) is 10.8. The highest BCUT2D eigenvalue weighted by Crippen LogP contribution is 2.07. The van der Waals surface area contributed by atoms with Crippen molar-refractivity contribution in [1.29, 1.82) is 0 Å². The van der Waals surface area contributed by atoms with Crippen LogP contribution < -0.4 is 0 Å². The third-order valence-electron chi connectivity index (χ3n) is 2.26. The Morgan fingerprint density at radius 3 is 2.43 bits per heavy atom. The number of hydrogen-bond donors (Lipinski definition) is 0. The van der Waals surface area contributed by atoms with Gasteiger partial charge in [-0.1, -0.05) is 0 Å². The zero-order chi connectivity index (χ0) is 10.6. The first-order valence-electron chi connectivity index (χ1n) is 4.93. The summed E-state index contributed by atoms with van der Waals surface area (Å²) in [5.41, 5.74) is 2.37. The molecule has 0 unspecified atom stereocenters. The van der Waals surface area contributed by atoms with Crippen molar-refractivity contribution in [3.63, 3.8) is 0 Å². The van der Waals surface area contributed by atoms with Crippen molar-refractivity contribution in [3.05, 3.63) is 23.5 Å². The molecular weight excluding hydrogens is 178 g/mol. The number of hydrogen-bond acceptors (Lipinski definition) is 2. The van der Waals surface area contributed by atoms with E-state index in [9.17, 15) is 4.79 Å². The molecule has 0 N–H and O–H groups in total. The van der Waals surface area contributed by atoms with E-state index in [1.807, 2.05) is 20.8 Å². The van der Waals surface area contributed by atoms with Gasteiger partial charge in [0.2, 0.25) is 0 Å². The maximum absolute atomic E-state index is 11.1. The van der Waals surface area contributed by atoms with Crippen LogP contribution in [0.2, 0.25) is 0 Å². The number of aryl methyl sites for hydroxylation is 2. The lowest BCUT2D eigenvalue weighted by molar-refractivity contribution is -0.143. The summed E-state index contributed by atoms with van der Waals surface area (Å²) in [6.07, 6.45) is 0.449. The molecule has 0 saturated carbocycles. The van der Waals surface area contributed by atoms with Gasteiger partial charge in [0.15, 0.2) is 0 Å². The molecule has 0 atom stereocenters. The fraction of sp³-hybridized carbons (Fsp3) is 0.545.